The standard InChI is InChI=1S/C43H60N8O5S4/c1-24(44-7)35(52)48-30-17-19-59-31-22-41(3,4)33(50(31)39(30)55)36(53)46-28-13-9-26(10-14-28)21-27-11-15-29(16-12-27)47-37(54)34-42(5,6)23-32-51(34)40(56)43(58,18-20-60-32)49-38(57)25(2)45-8/h9-16,24-25,30-34,44-45,58H,17-23H2,1-8H3,(H,46,53)(H,47,54)(H,48,52)(H,49,57)/t24-,25-,30-,31?,32-,33+,34+,43-/m0/s1. The Bertz CT molecular complexity index is 1970. The smallest absolute Gasteiger partial charge is 0.260 e. The fourth-order valence-corrected chi connectivity index (χ4v) is 12.7. The van der Waals surface area contributed by atoms with Gasteiger partial charge in [-0.2, -0.15) is 0 Å². The first-order chi connectivity index (χ1) is 28.3. The molecule has 2 aromatic rings. The molecule has 6 N–H and O–H groups in total. The molecule has 0 aromatic heterocycles. The summed E-state index contributed by atoms with van der Waals surface area (Å²) in [5.41, 5.74) is 2.38. The molecule has 2 aromatic carbocycles. The molecule has 4 heterocycles. The Labute approximate surface area is 373 Å². The first kappa shape index (κ1) is 46.2. The van der Waals surface area contributed by atoms with E-state index in [-0.39, 0.29) is 46.3 Å². The summed E-state index contributed by atoms with van der Waals surface area (Å²) < 4.78 is 0. The van der Waals surface area contributed by atoms with Gasteiger partial charge in [-0.25, -0.2) is 0 Å². The third-order valence-corrected chi connectivity index (χ3v) is 15.8. The summed E-state index contributed by atoms with van der Waals surface area (Å²) in [6.07, 6.45) is 2.96. The van der Waals surface area contributed by atoms with Crippen molar-refractivity contribution in [3.63, 3.8) is 0 Å². The molecule has 4 aliphatic heterocycles. The minimum absolute atomic E-state index is 0.145. The Morgan fingerprint density at radius 2 is 1.27 bits per heavy atom. The first-order valence-corrected chi connectivity index (χ1v) is 23.6. The lowest BCUT2D eigenvalue weighted by Gasteiger charge is -2.38. The fourth-order valence-electron chi connectivity index (χ4n) is 8.64. The Hall–Kier alpha value is -3.35. The molecule has 8 atom stereocenters. The van der Waals surface area contributed by atoms with Crippen LogP contribution in [0.5, 0.6) is 0 Å². The maximum Gasteiger partial charge on any atom is 0.260 e. The molecule has 17 heteroatoms. The monoisotopic (exact) mass is 896 g/mol. The van der Waals surface area contributed by atoms with Gasteiger partial charge in [-0.05, 0) is 118 Å². The van der Waals surface area contributed by atoms with E-state index < -0.39 is 39.9 Å². The molecule has 6 rings (SSSR count). The lowest BCUT2D eigenvalue weighted by atomic mass is 9.84. The molecule has 4 fully saturated rings. The van der Waals surface area contributed by atoms with Crippen molar-refractivity contribution in [3.05, 3.63) is 59.7 Å². The van der Waals surface area contributed by atoms with E-state index in [1.165, 1.54) is 0 Å². The molecule has 0 saturated carbocycles. The average Bonchev–Trinajstić information content (AvgIpc) is 3.53. The molecule has 5 amide bonds. The molecule has 0 radical (unpaired) electrons. The number of benzene rings is 2. The highest BCUT2D eigenvalue weighted by Gasteiger charge is 2.58. The van der Waals surface area contributed by atoms with E-state index >= 15 is 0 Å². The van der Waals surface area contributed by atoms with Crippen molar-refractivity contribution < 1.29 is 24.0 Å². The number of anilines is 2. The molecule has 4 saturated heterocycles. The minimum Gasteiger partial charge on any atom is -0.356 e. The van der Waals surface area contributed by atoms with E-state index in [9.17, 15) is 24.0 Å². The van der Waals surface area contributed by atoms with Crippen molar-refractivity contribution in [3.8, 4) is 0 Å². The van der Waals surface area contributed by atoms with Crippen LogP contribution in [0.15, 0.2) is 48.5 Å². The number of nitrogens with zero attached hydrogens (tertiary/aromatic N) is 2. The Morgan fingerprint density at radius 3 is 1.78 bits per heavy atom. The maximum atomic E-state index is 14.2. The summed E-state index contributed by atoms with van der Waals surface area (Å²) in [4.78, 5) is 71.5. The zero-order chi connectivity index (χ0) is 43.7. The number of thioether (sulfide) groups is 2. The topological polar surface area (TPSA) is 164 Å². The number of nitrogens with one attached hydrogen (secondary N) is 6. The van der Waals surface area contributed by atoms with Gasteiger partial charge in [0, 0.05) is 11.4 Å². The minimum atomic E-state index is -1.23. The van der Waals surface area contributed by atoms with Gasteiger partial charge in [-0.3, -0.25) is 24.0 Å². The van der Waals surface area contributed by atoms with Crippen molar-refractivity contribution in [1.82, 2.24) is 31.1 Å². The quantitative estimate of drug-likeness (QED) is 0.0908. The Kier molecular flexibility index (Phi) is 14.3. The van der Waals surface area contributed by atoms with Crippen LogP contribution < -0.4 is 31.9 Å². The lowest BCUT2D eigenvalue weighted by Crippen LogP contribution is -2.61. The predicted octanol–water partition coefficient (Wildman–Crippen LogP) is 4.58. The van der Waals surface area contributed by atoms with E-state index in [1.807, 2.05) is 83.1 Å². The summed E-state index contributed by atoms with van der Waals surface area (Å²) >= 11 is 13.8. The van der Waals surface area contributed by atoms with Gasteiger partial charge in [-0.1, -0.05) is 64.2 Å². The summed E-state index contributed by atoms with van der Waals surface area (Å²) in [6.45, 7) is 11.8. The lowest BCUT2D eigenvalue weighted by molar-refractivity contribution is -0.142. The number of likely N-dealkylation sites (N-methyl/N-ethyl adjacent to an activating group) is 2. The fraction of sp³-hybridized carbons (Fsp3) is 0.581. The zero-order valence-corrected chi connectivity index (χ0v) is 39.1. The number of thiocarbonyl (C=S) groups is 1. The van der Waals surface area contributed by atoms with Gasteiger partial charge in [0.1, 0.15) is 18.1 Å². The van der Waals surface area contributed by atoms with Gasteiger partial charge in [0.05, 0.1) is 27.8 Å². The van der Waals surface area contributed by atoms with Crippen molar-refractivity contribution in [2.24, 2.45) is 10.8 Å². The van der Waals surface area contributed by atoms with Gasteiger partial charge >= 0.3 is 0 Å². The third kappa shape index (κ3) is 9.81. The first-order valence-electron chi connectivity index (χ1n) is 20.7. The molecule has 1 unspecified atom stereocenters. The highest BCUT2D eigenvalue weighted by molar-refractivity contribution is 8.00. The van der Waals surface area contributed by atoms with Crippen LogP contribution in [0.3, 0.4) is 0 Å². The van der Waals surface area contributed by atoms with Crippen LogP contribution in [0, 0.1) is 10.8 Å². The number of rotatable bonds is 12. The van der Waals surface area contributed by atoms with Crippen LogP contribution >= 0.6 is 48.4 Å². The number of carbonyl (C=O) groups excluding carboxylic acids is 5. The number of amides is 5. The molecular formula is C43H60N8O5S4. The van der Waals surface area contributed by atoms with Crippen molar-refractivity contribution in [2.75, 3.05) is 36.2 Å². The van der Waals surface area contributed by atoms with Gasteiger partial charge in [0.25, 0.3) is 5.91 Å². The Balaban J connectivity index is 1.08. The average molecular weight is 897 g/mol. The van der Waals surface area contributed by atoms with Crippen LogP contribution in [0.2, 0.25) is 0 Å². The summed E-state index contributed by atoms with van der Waals surface area (Å²) in [6, 6.07) is 12.7. The number of thiol groups is 1. The zero-order valence-electron chi connectivity index (χ0n) is 35.7. The van der Waals surface area contributed by atoms with E-state index in [0.717, 1.165) is 11.1 Å². The van der Waals surface area contributed by atoms with Crippen molar-refractivity contribution in [1.29, 1.82) is 0 Å². The number of fused-ring (bicyclic) bond motifs is 2. The second-order valence-corrected chi connectivity index (χ2v) is 21.6. The number of hydrogen-bond acceptors (Lipinski definition) is 11. The van der Waals surface area contributed by atoms with Crippen LogP contribution in [-0.4, -0.2) is 116 Å². The second-order valence-electron chi connectivity index (χ2n) is 17.8. The highest BCUT2D eigenvalue weighted by Crippen LogP contribution is 2.49. The maximum absolute atomic E-state index is 14.2. The van der Waals surface area contributed by atoms with Crippen LogP contribution in [-0.2, 0) is 30.4 Å². The number of carbonyl (C=O) groups is 5. The summed E-state index contributed by atoms with van der Waals surface area (Å²) in [7, 11) is 3.51. The predicted molar refractivity (Wildman–Crippen MR) is 249 cm³/mol. The molecule has 4 aliphatic rings. The molecule has 0 spiro atoms. The molecule has 326 valence electrons. The third-order valence-electron chi connectivity index (χ3n) is 12.3. The SMILES string of the molecule is CN[C@@H](C)C(=O)N[C@H]1CCSC2CC(C)(C)[C@@H](C(=O)Nc3ccc(Cc4ccc(NC(=O)[C@H]5N6C(=O)[C@](S)(NC(=S)[C@H](C)NC)CCS[C@H]6CC5(C)C)cc4)cc3)N2C1=O. The molecule has 0 bridgehead atoms. The summed E-state index contributed by atoms with van der Waals surface area (Å²) in [5.74, 6) is 0.205. The van der Waals surface area contributed by atoms with E-state index in [4.69, 9.17) is 24.8 Å². The largest absolute Gasteiger partial charge is 0.356 e. The van der Waals surface area contributed by atoms with Crippen LogP contribution in [0.4, 0.5) is 11.4 Å². The summed E-state index contributed by atoms with van der Waals surface area (Å²) in [5, 5.41) is 18.0. The molecule has 13 nitrogen and oxygen atoms in total. The van der Waals surface area contributed by atoms with Crippen molar-refractivity contribution in [2.45, 2.75) is 119 Å². The van der Waals surface area contributed by atoms with E-state index in [1.54, 1.807) is 54.3 Å². The van der Waals surface area contributed by atoms with Crippen LogP contribution in [0.25, 0.3) is 0 Å². The molecule has 0 aliphatic carbocycles. The number of hydrogen-bond donors (Lipinski definition) is 7. The van der Waals surface area contributed by atoms with Crippen LogP contribution in [0.1, 0.15) is 78.4 Å². The van der Waals surface area contributed by atoms with Gasteiger partial charge < -0.3 is 41.7 Å². The molecule has 60 heavy (non-hydrogen) atoms. The highest BCUT2D eigenvalue weighted by atomic mass is 32.2. The molecular weight excluding hydrogens is 837 g/mol. The van der Waals surface area contributed by atoms with E-state index in [2.05, 4.69) is 31.9 Å². The van der Waals surface area contributed by atoms with E-state index in [0.29, 0.717) is 60.0 Å². The van der Waals surface area contributed by atoms with Crippen molar-refractivity contribution >= 4 is 94.3 Å². The van der Waals surface area contributed by atoms with Gasteiger partial charge in [-0.15, -0.1) is 36.2 Å². The van der Waals surface area contributed by atoms with Gasteiger partial charge in [0.15, 0.2) is 4.87 Å². The Morgan fingerprint density at radius 1 is 0.783 bits per heavy atom. The normalized spacial score (nSPS) is 28.1. The van der Waals surface area contributed by atoms with Gasteiger partial charge in [0.2, 0.25) is 23.6 Å². The second kappa shape index (κ2) is 18.6.